The molecular weight excluding hydrogens is 312 g/mol. The van der Waals surface area contributed by atoms with Gasteiger partial charge >= 0.3 is 0 Å². The molecule has 0 saturated heterocycles. The predicted molar refractivity (Wildman–Crippen MR) is 98.8 cm³/mol. The van der Waals surface area contributed by atoms with E-state index in [0.717, 1.165) is 36.4 Å². The highest BCUT2D eigenvalue weighted by atomic mass is 35.5. The molecule has 1 aromatic carbocycles. The van der Waals surface area contributed by atoms with E-state index in [1.807, 2.05) is 13.0 Å². The van der Waals surface area contributed by atoms with Crippen LogP contribution in [0.3, 0.4) is 0 Å². The highest BCUT2D eigenvalue weighted by molar-refractivity contribution is 5.85. The number of hydrogen-bond donors (Lipinski definition) is 2. The Labute approximate surface area is 146 Å². The Kier molecular flexibility index (Phi) is 10.7. The van der Waals surface area contributed by atoms with Crippen molar-refractivity contribution in [3.63, 3.8) is 0 Å². The van der Waals surface area contributed by atoms with Crippen molar-refractivity contribution in [2.75, 3.05) is 19.6 Å². The van der Waals surface area contributed by atoms with E-state index in [0.29, 0.717) is 12.5 Å². The smallest absolute Gasteiger partial charge is 0.260 e. The maximum Gasteiger partial charge on any atom is 0.260 e. The molecule has 1 rings (SSSR count). The summed E-state index contributed by atoms with van der Waals surface area (Å²) in [6.45, 7) is 12.6. The number of hydrogen-bond acceptors (Lipinski definition) is 3. The number of rotatable bonds is 9. The van der Waals surface area contributed by atoms with E-state index in [4.69, 9.17) is 4.74 Å². The fourth-order valence-electron chi connectivity index (χ4n) is 2.18. The molecule has 0 radical (unpaired) electrons. The first-order chi connectivity index (χ1) is 10.5. The second-order valence-corrected chi connectivity index (χ2v) is 6.00. The minimum absolute atomic E-state index is 0. The molecule has 1 aromatic rings. The maximum atomic E-state index is 12.1. The number of amides is 1. The minimum Gasteiger partial charge on any atom is -0.481 e. The zero-order valence-electron chi connectivity index (χ0n) is 14.9. The molecule has 0 aliphatic heterocycles. The summed E-state index contributed by atoms with van der Waals surface area (Å²) in [6, 6.07) is 6.16. The van der Waals surface area contributed by atoms with Crippen molar-refractivity contribution >= 4 is 18.3 Å². The van der Waals surface area contributed by atoms with Gasteiger partial charge in [0.25, 0.3) is 5.91 Å². The standard InChI is InChI=1S/C18H30N2O2.ClH/c1-6-9-19-10-11-20-18(21)15(5)22-17-12-14(4)7-8-16(17)13(2)3;/h7-8,12-13,15,19H,6,9-11H2,1-5H3,(H,20,21);1H. The van der Waals surface area contributed by atoms with Crippen molar-refractivity contribution in [3.05, 3.63) is 29.3 Å². The lowest BCUT2D eigenvalue weighted by Crippen LogP contribution is -2.40. The van der Waals surface area contributed by atoms with Crippen molar-refractivity contribution in [1.29, 1.82) is 0 Å². The molecule has 0 aliphatic carbocycles. The quantitative estimate of drug-likeness (QED) is 0.676. The van der Waals surface area contributed by atoms with Crippen LogP contribution in [0.25, 0.3) is 0 Å². The van der Waals surface area contributed by atoms with Gasteiger partial charge in [-0.15, -0.1) is 12.4 Å². The molecule has 5 heteroatoms. The van der Waals surface area contributed by atoms with Crippen LogP contribution in [0.15, 0.2) is 18.2 Å². The molecule has 1 amide bonds. The van der Waals surface area contributed by atoms with Crippen LogP contribution in [-0.2, 0) is 4.79 Å². The lowest BCUT2D eigenvalue weighted by atomic mass is 10.0. The van der Waals surface area contributed by atoms with Crippen LogP contribution < -0.4 is 15.4 Å². The molecule has 4 nitrogen and oxygen atoms in total. The molecule has 1 unspecified atom stereocenters. The van der Waals surface area contributed by atoms with Crippen molar-refractivity contribution in [2.24, 2.45) is 0 Å². The fourth-order valence-corrected chi connectivity index (χ4v) is 2.18. The molecule has 0 aliphatic rings. The third-order valence-electron chi connectivity index (χ3n) is 3.49. The highest BCUT2D eigenvalue weighted by Gasteiger charge is 2.17. The molecule has 0 saturated carbocycles. The average Bonchev–Trinajstić information content (AvgIpc) is 2.46. The summed E-state index contributed by atoms with van der Waals surface area (Å²) in [4.78, 5) is 12.1. The van der Waals surface area contributed by atoms with Crippen LogP contribution in [0.2, 0.25) is 0 Å². The Morgan fingerprint density at radius 3 is 2.48 bits per heavy atom. The summed E-state index contributed by atoms with van der Waals surface area (Å²) in [5.41, 5.74) is 2.27. The summed E-state index contributed by atoms with van der Waals surface area (Å²) < 4.78 is 5.90. The van der Waals surface area contributed by atoms with Gasteiger partial charge in [0.15, 0.2) is 6.10 Å². The van der Waals surface area contributed by atoms with Gasteiger partial charge in [0.2, 0.25) is 0 Å². The van der Waals surface area contributed by atoms with Crippen LogP contribution in [0.1, 0.15) is 51.2 Å². The van der Waals surface area contributed by atoms with Crippen LogP contribution in [0.5, 0.6) is 5.75 Å². The van der Waals surface area contributed by atoms with Gasteiger partial charge in [0.05, 0.1) is 0 Å². The number of halogens is 1. The van der Waals surface area contributed by atoms with Crippen LogP contribution in [-0.4, -0.2) is 31.6 Å². The molecule has 0 heterocycles. The molecule has 23 heavy (non-hydrogen) atoms. The second-order valence-electron chi connectivity index (χ2n) is 6.00. The second kappa shape index (κ2) is 11.3. The molecule has 2 N–H and O–H groups in total. The van der Waals surface area contributed by atoms with Crippen molar-refractivity contribution < 1.29 is 9.53 Å². The van der Waals surface area contributed by atoms with Gasteiger partial charge in [-0.2, -0.15) is 0 Å². The van der Waals surface area contributed by atoms with E-state index in [2.05, 4.69) is 43.5 Å². The predicted octanol–water partition coefficient (Wildman–Crippen LogP) is 3.42. The fraction of sp³-hybridized carbons (Fsp3) is 0.611. The van der Waals surface area contributed by atoms with E-state index < -0.39 is 6.10 Å². The Morgan fingerprint density at radius 2 is 1.87 bits per heavy atom. The van der Waals surface area contributed by atoms with E-state index in [-0.39, 0.29) is 18.3 Å². The van der Waals surface area contributed by atoms with E-state index in [1.54, 1.807) is 6.92 Å². The summed E-state index contributed by atoms with van der Waals surface area (Å²) in [7, 11) is 0. The summed E-state index contributed by atoms with van der Waals surface area (Å²) in [5, 5.41) is 6.15. The third-order valence-corrected chi connectivity index (χ3v) is 3.49. The Morgan fingerprint density at radius 1 is 1.17 bits per heavy atom. The van der Waals surface area contributed by atoms with E-state index in [1.165, 1.54) is 0 Å². The van der Waals surface area contributed by atoms with Crippen molar-refractivity contribution in [1.82, 2.24) is 10.6 Å². The first-order valence-corrected chi connectivity index (χ1v) is 8.21. The van der Waals surface area contributed by atoms with Crippen molar-refractivity contribution in [2.45, 2.75) is 53.1 Å². The maximum absolute atomic E-state index is 12.1. The Hall–Kier alpha value is -1.26. The third kappa shape index (κ3) is 7.71. The van der Waals surface area contributed by atoms with Crippen LogP contribution in [0, 0.1) is 6.92 Å². The van der Waals surface area contributed by atoms with E-state index in [9.17, 15) is 4.79 Å². The molecule has 132 valence electrons. The zero-order chi connectivity index (χ0) is 16.5. The number of aryl methyl sites for hydroxylation is 1. The molecule has 0 aromatic heterocycles. The first kappa shape index (κ1) is 21.7. The number of ether oxygens (including phenoxy) is 1. The molecule has 0 fully saturated rings. The van der Waals surface area contributed by atoms with Gasteiger partial charge in [-0.3, -0.25) is 4.79 Å². The highest BCUT2D eigenvalue weighted by Crippen LogP contribution is 2.28. The first-order valence-electron chi connectivity index (χ1n) is 8.21. The number of carbonyl (C=O) groups excluding carboxylic acids is 1. The largest absolute Gasteiger partial charge is 0.481 e. The van der Waals surface area contributed by atoms with Gasteiger partial charge in [0.1, 0.15) is 5.75 Å². The minimum atomic E-state index is -0.495. The topological polar surface area (TPSA) is 50.4 Å². The van der Waals surface area contributed by atoms with Gasteiger partial charge in [-0.05, 0) is 49.9 Å². The van der Waals surface area contributed by atoms with E-state index >= 15 is 0 Å². The molecular formula is C18H31ClN2O2. The van der Waals surface area contributed by atoms with Gasteiger partial charge < -0.3 is 15.4 Å². The number of benzene rings is 1. The monoisotopic (exact) mass is 342 g/mol. The van der Waals surface area contributed by atoms with Crippen molar-refractivity contribution in [3.8, 4) is 5.75 Å². The number of nitrogens with one attached hydrogen (secondary N) is 2. The number of carbonyl (C=O) groups is 1. The molecule has 1 atom stereocenters. The summed E-state index contributed by atoms with van der Waals surface area (Å²) >= 11 is 0. The molecule has 0 spiro atoms. The average molecular weight is 343 g/mol. The summed E-state index contributed by atoms with van der Waals surface area (Å²) in [5.74, 6) is 1.10. The van der Waals surface area contributed by atoms with Crippen LogP contribution in [0.4, 0.5) is 0 Å². The van der Waals surface area contributed by atoms with Gasteiger partial charge in [-0.25, -0.2) is 0 Å². The van der Waals surface area contributed by atoms with Gasteiger partial charge in [0, 0.05) is 13.1 Å². The zero-order valence-corrected chi connectivity index (χ0v) is 15.8. The van der Waals surface area contributed by atoms with Crippen LogP contribution >= 0.6 is 12.4 Å². The van der Waals surface area contributed by atoms with Gasteiger partial charge in [-0.1, -0.05) is 32.9 Å². The summed E-state index contributed by atoms with van der Waals surface area (Å²) in [6.07, 6.45) is 0.601. The Bertz CT molecular complexity index is 478. The Balaban J connectivity index is 0.00000484. The molecule has 0 bridgehead atoms. The SMILES string of the molecule is CCCNCCNC(=O)C(C)Oc1cc(C)ccc1C(C)C.Cl. The normalized spacial score (nSPS) is 11.7. The lowest BCUT2D eigenvalue weighted by molar-refractivity contribution is -0.127. The lowest BCUT2D eigenvalue weighted by Gasteiger charge is -2.19.